The summed E-state index contributed by atoms with van der Waals surface area (Å²) < 4.78 is 0. The fraction of sp³-hybridized carbons (Fsp3) is 0.474. The molecule has 1 aliphatic heterocycles. The van der Waals surface area contributed by atoms with Crippen molar-refractivity contribution in [3.63, 3.8) is 0 Å². The maximum absolute atomic E-state index is 12.8. The first kappa shape index (κ1) is 18.0. The third-order valence-electron chi connectivity index (χ3n) is 5.05. The number of nitrogens with zero attached hydrogens (tertiary/aromatic N) is 2. The van der Waals surface area contributed by atoms with Crippen molar-refractivity contribution >= 4 is 23.5 Å². The molecular weight excluding hydrogens is 340 g/mol. The first-order chi connectivity index (χ1) is 12.0. The average Bonchev–Trinajstić information content (AvgIpc) is 2.62. The number of carboxylic acid groups (broad SMARTS) is 1. The summed E-state index contributed by atoms with van der Waals surface area (Å²) in [5.74, 6) is -1.91. The van der Waals surface area contributed by atoms with E-state index < -0.39 is 17.8 Å². The van der Waals surface area contributed by atoms with Gasteiger partial charge in [0.1, 0.15) is 0 Å². The minimum Gasteiger partial charge on any atom is -0.481 e. The summed E-state index contributed by atoms with van der Waals surface area (Å²) in [5, 5.41) is 10.1. The molecule has 1 saturated heterocycles. The molecule has 5 nitrogen and oxygen atoms in total. The molecule has 1 amide bonds. The van der Waals surface area contributed by atoms with Crippen LogP contribution in [-0.2, 0) is 16.1 Å². The van der Waals surface area contributed by atoms with Crippen molar-refractivity contribution in [1.82, 2.24) is 9.80 Å². The molecule has 1 aromatic rings. The predicted molar refractivity (Wildman–Crippen MR) is 96.3 cm³/mol. The lowest BCUT2D eigenvalue weighted by atomic mass is 9.82. The van der Waals surface area contributed by atoms with Gasteiger partial charge in [-0.15, -0.1) is 0 Å². The number of amides is 1. The van der Waals surface area contributed by atoms with Crippen LogP contribution in [0.1, 0.15) is 18.4 Å². The van der Waals surface area contributed by atoms with Gasteiger partial charge in [0.15, 0.2) is 0 Å². The normalized spacial score (nSPS) is 24.3. The van der Waals surface area contributed by atoms with Crippen LogP contribution in [0, 0.1) is 11.8 Å². The van der Waals surface area contributed by atoms with Crippen molar-refractivity contribution in [2.24, 2.45) is 11.8 Å². The molecule has 0 aromatic heterocycles. The van der Waals surface area contributed by atoms with Crippen LogP contribution in [0.25, 0.3) is 0 Å². The molecule has 1 aromatic carbocycles. The zero-order valence-electron chi connectivity index (χ0n) is 14.1. The molecule has 3 rings (SSSR count). The van der Waals surface area contributed by atoms with Crippen LogP contribution in [0.3, 0.4) is 0 Å². The van der Waals surface area contributed by atoms with Crippen molar-refractivity contribution < 1.29 is 14.7 Å². The van der Waals surface area contributed by atoms with E-state index in [1.165, 1.54) is 0 Å². The third kappa shape index (κ3) is 4.41. The summed E-state index contributed by atoms with van der Waals surface area (Å²) in [6.45, 7) is 3.68. The van der Waals surface area contributed by atoms with Gasteiger partial charge in [0.2, 0.25) is 5.91 Å². The summed E-state index contributed by atoms with van der Waals surface area (Å²) in [4.78, 5) is 28.3. The molecule has 1 heterocycles. The van der Waals surface area contributed by atoms with Crippen LogP contribution >= 0.6 is 11.6 Å². The molecule has 0 radical (unpaired) electrons. The van der Waals surface area contributed by atoms with Crippen molar-refractivity contribution in [3.05, 3.63) is 47.0 Å². The predicted octanol–water partition coefficient (Wildman–Crippen LogP) is 2.65. The number of carboxylic acids is 1. The van der Waals surface area contributed by atoms with E-state index in [0.29, 0.717) is 25.9 Å². The number of hydrogen-bond acceptors (Lipinski definition) is 3. The van der Waals surface area contributed by atoms with E-state index in [2.05, 4.69) is 11.0 Å². The standard InChI is InChI=1S/C19H23ClN2O3/c20-15-5-3-4-14(12-15)13-21-8-10-22(11-9-21)18(23)16-6-1-2-7-17(16)19(24)25/h1-5,12,16-17H,6-11,13H2,(H,24,25)/t16-,17-/m0/s1. The molecule has 1 aliphatic carbocycles. The Morgan fingerprint density at radius 2 is 1.76 bits per heavy atom. The Labute approximate surface area is 152 Å². The molecule has 0 spiro atoms. The lowest BCUT2D eigenvalue weighted by molar-refractivity contribution is -0.151. The van der Waals surface area contributed by atoms with Crippen LogP contribution < -0.4 is 0 Å². The summed E-state index contributed by atoms with van der Waals surface area (Å²) in [6.07, 6.45) is 4.77. The van der Waals surface area contributed by atoms with E-state index in [9.17, 15) is 14.7 Å². The summed E-state index contributed by atoms with van der Waals surface area (Å²) >= 11 is 6.03. The first-order valence-corrected chi connectivity index (χ1v) is 9.06. The van der Waals surface area contributed by atoms with Crippen LogP contribution in [0.15, 0.2) is 36.4 Å². The second-order valence-electron chi connectivity index (χ2n) is 6.73. The van der Waals surface area contributed by atoms with Gasteiger partial charge in [0.05, 0.1) is 11.8 Å². The highest BCUT2D eigenvalue weighted by atomic mass is 35.5. The largest absolute Gasteiger partial charge is 0.481 e. The van der Waals surface area contributed by atoms with Crippen molar-refractivity contribution in [1.29, 1.82) is 0 Å². The van der Waals surface area contributed by atoms with Crippen LogP contribution in [-0.4, -0.2) is 53.0 Å². The molecule has 0 unspecified atom stereocenters. The number of rotatable bonds is 4. The van der Waals surface area contributed by atoms with Crippen LogP contribution in [0.2, 0.25) is 5.02 Å². The van der Waals surface area contributed by atoms with Gasteiger partial charge in [-0.25, -0.2) is 0 Å². The number of carbonyl (C=O) groups excluding carboxylic acids is 1. The minimum absolute atomic E-state index is 0.0147. The van der Waals surface area contributed by atoms with Crippen LogP contribution in [0.5, 0.6) is 0 Å². The van der Waals surface area contributed by atoms with Gasteiger partial charge in [-0.2, -0.15) is 0 Å². The number of aliphatic carboxylic acids is 1. The second-order valence-corrected chi connectivity index (χ2v) is 7.16. The Morgan fingerprint density at radius 1 is 1.08 bits per heavy atom. The van der Waals surface area contributed by atoms with E-state index in [0.717, 1.165) is 30.2 Å². The maximum atomic E-state index is 12.8. The monoisotopic (exact) mass is 362 g/mol. The molecule has 0 saturated carbocycles. The molecule has 25 heavy (non-hydrogen) atoms. The maximum Gasteiger partial charge on any atom is 0.307 e. The average molecular weight is 363 g/mol. The molecule has 1 N–H and O–H groups in total. The fourth-order valence-corrected chi connectivity index (χ4v) is 3.83. The Hall–Kier alpha value is -1.85. The van der Waals surface area contributed by atoms with Gasteiger partial charge in [-0.3, -0.25) is 14.5 Å². The van der Waals surface area contributed by atoms with E-state index >= 15 is 0 Å². The quantitative estimate of drug-likeness (QED) is 0.836. The minimum atomic E-state index is -0.873. The number of allylic oxidation sites excluding steroid dienone is 2. The van der Waals surface area contributed by atoms with Crippen LogP contribution in [0.4, 0.5) is 0 Å². The van der Waals surface area contributed by atoms with E-state index in [4.69, 9.17) is 11.6 Å². The molecule has 6 heteroatoms. The number of benzene rings is 1. The highest BCUT2D eigenvalue weighted by Crippen LogP contribution is 2.28. The van der Waals surface area contributed by atoms with Gasteiger partial charge in [0.25, 0.3) is 0 Å². The number of halogens is 1. The van der Waals surface area contributed by atoms with Gasteiger partial charge in [0, 0.05) is 37.7 Å². The van der Waals surface area contributed by atoms with E-state index in [1.807, 2.05) is 35.3 Å². The topological polar surface area (TPSA) is 60.9 Å². The summed E-state index contributed by atoms with van der Waals surface area (Å²) in [7, 11) is 0. The zero-order valence-corrected chi connectivity index (χ0v) is 14.9. The number of carbonyl (C=O) groups is 2. The summed E-state index contributed by atoms with van der Waals surface area (Å²) in [6, 6.07) is 7.82. The second kappa shape index (κ2) is 8.02. The van der Waals surface area contributed by atoms with Crippen molar-refractivity contribution in [2.45, 2.75) is 19.4 Å². The summed E-state index contributed by atoms with van der Waals surface area (Å²) in [5.41, 5.74) is 1.16. The van der Waals surface area contributed by atoms with Crippen molar-refractivity contribution in [2.75, 3.05) is 26.2 Å². The Bertz CT molecular complexity index is 668. The number of hydrogen-bond donors (Lipinski definition) is 1. The van der Waals surface area contributed by atoms with Gasteiger partial charge < -0.3 is 10.0 Å². The number of piperazine rings is 1. The zero-order chi connectivity index (χ0) is 17.8. The van der Waals surface area contributed by atoms with Gasteiger partial charge in [-0.1, -0.05) is 35.9 Å². The van der Waals surface area contributed by atoms with Crippen molar-refractivity contribution in [3.8, 4) is 0 Å². The van der Waals surface area contributed by atoms with E-state index in [-0.39, 0.29) is 5.91 Å². The Balaban J connectivity index is 1.55. The molecule has 2 aliphatic rings. The highest BCUT2D eigenvalue weighted by Gasteiger charge is 2.37. The smallest absolute Gasteiger partial charge is 0.307 e. The Kier molecular flexibility index (Phi) is 5.76. The van der Waals surface area contributed by atoms with E-state index in [1.54, 1.807) is 0 Å². The molecule has 1 fully saturated rings. The molecular formula is C19H23ClN2O3. The molecule has 0 bridgehead atoms. The lowest BCUT2D eigenvalue weighted by Gasteiger charge is -2.37. The Morgan fingerprint density at radius 3 is 2.40 bits per heavy atom. The third-order valence-corrected chi connectivity index (χ3v) is 5.28. The molecule has 2 atom stereocenters. The lowest BCUT2D eigenvalue weighted by Crippen LogP contribution is -2.51. The SMILES string of the molecule is O=C(O)[C@H]1CC=CC[C@@H]1C(=O)N1CCN(Cc2cccc(Cl)c2)CC1. The fourth-order valence-electron chi connectivity index (χ4n) is 3.61. The highest BCUT2D eigenvalue weighted by molar-refractivity contribution is 6.30. The molecule has 134 valence electrons. The first-order valence-electron chi connectivity index (χ1n) is 8.68. The van der Waals surface area contributed by atoms with Gasteiger partial charge >= 0.3 is 5.97 Å². The van der Waals surface area contributed by atoms with Gasteiger partial charge in [-0.05, 0) is 30.5 Å².